The van der Waals surface area contributed by atoms with Gasteiger partial charge in [0.15, 0.2) is 0 Å². The highest BCUT2D eigenvalue weighted by Gasteiger charge is 2.03. The third kappa shape index (κ3) is 8.46. The van der Waals surface area contributed by atoms with Crippen molar-refractivity contribution in [3.8, 4) is 11.1 Å². The van der Waals surface area contributed by atoms with Gasteiger partial charge >= 0.3 is 0 Å². The van der Waals surface area contributed by atoms with Crippen LogP contribution in [0.2, 0.25) is 0 Å². The molecule has 4 aromatic carbocycles. The summed E-state index contributed by atoms with van der Waals surface area (Å²) in [6.45, 7) is 18.6. The topological polar surface area (TPSA) is 6.48 Å². The molecule has 0 unspecified atom stereocenters. The molecule has 0 atom stereocenters. The van der Waals surface area contributed by atoms with Crippen LogP contribution >= 0.6 is 0 Å². The predicted octanol–water partition coefficient (Wildman–Crippen LogP) is 10.1. The predicted molar refractivity (Wildman–Crippen MR) is 188 cm³/mol. The fourth-order valence-corrected chi connectivity index (χ4v) is 4.74. The van der Waals surface area contributed by atoms with E-state index in [9.17, 15) is 0 Å². The molecule has 0 saturated carbocycles. The number of benzene rings is 4. The maximum Gasteiger partial charge on any atom is 0.0372 e. The van der Waals surface area contributed by atoms with E-state index in [4.69, 9.17) is 0 Å². The molecule has 210 valence electrons. The average molecular weight is 549 g/mol. The van der Waals surface area contributed by atoms with E-state index in [0.717, 1.165) is 26.2 Å². The molecule has 4 rings (SSSR count). The van der Waals surface area contributed by atoms with E-state index in [0.29, 0.717) is 0 Å². The third-order valence-electron chi connectivity index (χ3n) is 7.01. The first-order chi connectivity index (χ1) is 20.6. The zero-order chi connectivity index (χ0) is 29.6. The van der Waals surface area contributed by atoms with Gasteiger partial charge in [0, 0.05) is 37.6 Å². The largest absolute Gasteiger partial charge is 0.364 e. The van der Waals surface area contributed by atoms with Gasteiger partial charge in [-0.05, 0) is 57.6 Å². The highest BCUT2D eigenvalue weighted by atomic mass is 15.1. The summed E-state index contributed by atoms with van der Waals surface area (Å²) in [6, 6.07) is 34.6. The van der Waals surface area contributed by atoms with Crippen LogP contribution in [0.15, 0.2) is 148 Å². The van der Waals surface area contributed by atoms with Crippen LogP contribution in [0.5, 0.6) is 0 Å². The van der Waals surface area contributed by atoms with E-state index in [-0.39, 0.29) is 0 Å². The Balaban J connectivity index is 1.35. The molecule has 2 heteroatoms. The summed E-state index contributed by atoms with van der Waals surface area (Å²) in [7, 11) is 0. The summed E-state index contributed by atoms with van der Waals surface area (Å²) in [5.74, 6) is 0. The molecule has 0 aliphatic carbocycles. The molecule has 0 aliphatic heterocycles. The van der Waals surface area contributed by atoms with Crippen molar-refractivity contribution >= 4 is 35.7 Å². The Labute approximate surface area is 252 Å². The van der Waals surface area contributed by atoms with Crippen LogP contribution in [-0.4, -0.2) is 26.2 Å². The number of nitrogens with zero attached hydrogens (tertiary/aromatic N) is 2. The number of rotatable bonds is 15. The second-order valence-electron chi connectivity index (χ2n) is 10.1. The highest BCUT2D eigenvalue weighted by molar-refractivity contribution is 5.75. The number of hydrogen-bond acceptors (Lipinski definition) is 2. The quantitative estimate of drug-likeness (QED) is 0.108. The van der Waals surface area contributed by atoms with Gasteiger partial charge in [-0.1, -0.05) is 121 Å². The van der Waals surface area contributed by atoms with Gasteiger partial charge in [-0.2, -0.15) is 0 Å². The summed E-state index contributed by atoms with van der Waals surface area (Å²) in [6.07, 6.45) is 16.3. The van der Waals surface area contributed by atoms with Crippen molar-refractivity contribution in [2.75, 3.05) is 36.0 Å². The molecule has 0 amide bonds. The minimum atomic E-state index is 0.800. The first kappa shape index (κ1) is 29.9. The van der Waals surface area contributed by atoms with Gasteiger partial charge in [0.1, 0.15) is 0 Å². The van der Waals surface area contributed by atoms with Crippen molar-refractivity contribution in [3.63, 3.8) is 0 Å². The lowest BCUT2D eigenvalue weighted by molar-refractivity contribution is 0.957. The van der Waals surface area contributed by atoms with Gasteiger partial charge in [-0.25, -0.2) is 0 Å². The fraction of sp³-hybridized carbons (Fsp3) is 0.100. The van der Waals surface area contributed by atoms with Crippen molar-refractivity contribution in [1.82, 2.24) is 0 Å². The van der Waals surface area contributed by atoms with Crippen molar-refractivity contribution < 1.29 is 0 Å². The molecular formula is C40H40N2. The van der Waals surface area contributed by atoms with E-state index in [1.807, 2.05) is 24.3 Å². The van der Waals surface area contributed by atoms with E-state index in [1.165, 1.54) is 44.8 Å². The molecule has 0 fully saturated rings. The summed E-state index contributed by atoms with van der Waals surface area (Å²) in [5, 5.41) is 0. The Hall–Kier alpha value is -5.08. The van der Waals surface area contributed by atoms with Crippen molar-refractivity contribution in [2.24, 2.45) is 0 Å². The molecule has 0 heterocycles. The van der Waals surface area contributed by atoms with Crippen LogP contribution in [0.25, 0.3) is 35.4 Å². The van der Waals surface area contributed by atoms with Gasteiger partial charge in [0.2, 0.25) is 0 Å². The normalized spacial score (nSPS) is 11.0. The van der Waals surface area contributed by atoms with Gasteiger partial charge in [-0.3, -0.25) is 0 Å². The van der Waals surface area contributed by atoms with Crippen LogP contribution in [0.3, 0.4) is 0 Å². The molecule has 0 N–H and O–H groups in total. The Morgan fingerprint density at radius 2 is 0.595 bits per heavy atom. The summed E-state index contributed by atoms with van der Waals surface area (Å²) in [4.78, 5) is 4.47. The first-order valence-corrected chi connectivity index (χ1v) is 14.3. The van der Waals surface area contributed by atoms with Crippen molar-refractivity contribution in [2.45, 2.75) is 0 Å². The van der Waals surface area contributed by atoms with E-state index < -0.39 is 0 Å². The Kier molecular flexibility index (Phi) is 11.1. The lowest BCUT2D eigenvalue weighted by Crippen LogP contribution is -2.22. The molecule has 0 aromatic heterocycles. The first-order valence-electron chi connectivity index (χ1n) is 14.3. The minimum Gasteiger partial charge on any atom is -0.364 e. The Bertz CT molecular complexity index is 1360. The van der Waals surface area contributed by atoms with E-state index >= 15 is 0 Å². The average Bonchev–Trinajstić information content (AvgIpc) is 3.04. The Morgan fingerprint density at radius 3 is 0.833 bits per heavy atom. The maximum absolute atomic E-state index is 3.86. The summed E-state index contributed by atoms with van der Waals surface area (Å²) >= 11 is 0. The molecule has 0 bridgehead atoms. The molecule has 0 aliphatic rings. The third-order valence-corrected chi connectivity index (χ3v) is 7.01. The fourth-order valence-electron chi connectivity index (χ4n) is 4.74. The van der Waals surface area contributed by atoms with Crippen LogP contribution < -0.4 is 9.80 Å². The van der Waals surface area contributed by atoms with Gasteiger partial charge in [0.25, 0.3) is 0 Å². The molecule has 42 heavy (non-hydrogen) atoms. The lowest BCUT2D eigenvalue weighted by Gasteiger charge is -2.21. The standard InChI is InChI=1S/C40H40N2/c1-5-29-41(30-6-2)39-25-17-35(18-26-39)11-9-33-13-21-37(22-14-33)38-23-15-34(16-24-38)10-12-36-19-27-40(28-20-36)42(31-7-3)32-8-4/h5-28H,1-4,29-32H2. The van der Waals surface area contributed by atoms with Crippen molar-refractivity contribution in [1.29, 1.82) is 0 Å². The summed E-state index contributed by atoms with van der Waals surface area (Å²) < 4.78 is 0. The van der Waals surface area contributed by atoms with E-state index in [2.05, 4.69) is 157 Å². The molecule has 0 radical (unpaired) electrons. The van der Waals surface area contributed by atoms with Gasteiger partial charge in [0.05, 0.1) is 0 Å². The monoisotopic (exact) mass is 548 g/mol. The second-order valence-corrected chi connectivity index (χ2v) is 10.1. The minimum absolute atomic E-state index is 0.800. The second kappa shape index (κ2) is 15.6. The van der Waals surface area contributed by atoms with Crippen LogP contribution in [0, 0.1) is 0 Å². The molecule has 4 aromatic rings. The molecule has 2 nitrogen and oxygen atoms in total. The molecule has 0 spiro atoms. The van der Waals surface area contributed by atoms with Crippen LogP contribution in [0.1, 0.15) is 22.3 Å². The zero-order valence-electron chi connectivity index (χ0n) is 24.4. The van der Waals surface area contributed by atoms with Crippen LogP contribution in [-0.2, 0) is 0 Å². The van der Waals surface area contributed by atoms with Crippen LogP contribution in [0.4, 0.5) is 11.4 Å². The highest BCUT2D eigenvalue weighted by Crippen LogP contribution is 2.23. The number of hydrogen-bond donors (Lipinski definition) is 0. The zero-order valence-corrected chi connectivity index (χ0v) is 24.4. The summed E-state index contributed by atoms with van der Waals surface area (Å²) in [5.41, 5.74) is 9.43. The molecular weight excluding hydrogens is 508 g/mol. The number of anilines is 2. The Morgan fingerprint density at radius 1 is 0.357 bits per heavy atom. The SMILES string of the molecule is C=CCN(CC=C)c1ccc(C=Cc2ccc(-c3ccc(C=Cc4ccc(N(CC=C)CC=C)cc4)cc3)cc2)cc1. The van der Waals surface area contributed by atoms with Gasteiger partial charge < -0.3 is 9.80 Å². The van der Waals surface area contributed by atoms with Crippen molar-refractivity contribution in [3.05, 3.63) is 170 Å². The maximum atomic E-state index is 3.86. The lowest BCUT2D eigenvalue weighted by atomic mass is 10.0. The van der Waals surface area contributed by atoms with Gasteiger partial charge in [-0.15, -0.1) is 26.3 Å². The smallest absolute Gasteiger partial charge is 0.0372 e. The molecule has 0 saturated heterocycles. The van der Waals surface area contributed by atoms with E-state index in [1.54, 1.807) is 0 Å².